The number of carbonyl (C=O) groups excluding carboxylic acids is 1. The van der Waals surface area contributed by atoms with Crippen molar-refractivity contribution in [3.63, 3.8) is 0 Å². The molecule has 0 aromatic rings. The number of carboxylic acid groups (broad SMARTS) is 1. The van der Waals surface area contributed by atoms with Crippen LogP contribution >= 0.6 is 0 Å². The number of hydrogen-bond donors (Lipinski definition) is 2. The Kier molecular flexibility index (Phi) is 5.12. The maximum atomic E-state index is 11.7. The summed E-state index contributed by atoms with van der Waals surface area (Å²) in [6.45, 7) is 0.724. The van der Waals surface area contributed by atoms with Gasteiger partial charge in [-0.3, -0.25) is 13.8 Å². The van der Waals surface area contributed by atoms with E-state index >= 15 is 0 Å². The fraction of sp³-hybridized carbons (Fsp3) is 0.750. The third kappa shape index (κ3) is 5.66. The highest BCUT2D eigenvalue weighted by atomic mass is 32.2. The molecule has 0 aromatic carbocycles. The predicted octanol–water partition coefficient (Wildman–Crippen LogP) is 0.277. The Balaban J connectivity index is 4.32. The monoisotopic (exact) mass is 275 g/mol. The third-order valence-electron chi connectivity index (χ3n) is 1.83. The van der Waals surface area contributed by atoms with Gasteiger partial charge in [0.05, 0.1) is 0 Å². The maximum Gasteiger partial charge on any atom is 0.405 e. The van der Waals surface area contributed by atoms with Crippen molar-refractivity contribution in [2.45, 2.75) is 24.8 Å². The van der Waals surface area contributed by atoms with Gasteiger partial charge in [0.2, 0.25) is 5.91 Å². The topological polar surface area (TPSA) is 83.5 Å². The number of carboxylic acids is 1. The minimum Gasteiger partial charge on any atom is -0.480 e. The highest BCUT2D eigenvalue weighted by molar-refractivity contribution is 7.87. The Hall–Kier alpha value is -1.12. The summed E-state index contributed by atoms with van der Waals surface area (Å²) in [4.78, 5) is 21.6. The molecule has 0 aliphatic carbocycles. The van der Waals surface area contributed by atoms with Gasteiger partial charge < -0.3 is 10.4 Å². The van der Waals surface area contributed by atoms with Gasteiger partial charge in [0.25, 0.3) is 0 Å². The Labute approximate surface area is 97.8 Å². The second-order valence-electron chi connectivity index (χ2n) is 3.70. The first-order chi connectivity index (χ1) is 7.47. The van der Waals surface area contributed by atoms with Gasteiger partial charge in [0.1, 0.15) is 17.0 Å². The maximum absolute atomic E-state index is 11.7. The van der Waals surface area contributed by atoms with Crippen molar-refractivity contribution in [3.05, 3.63) is 0 Å². The summed E-state index contributed by atoms with van der Waals surface area (Å²) in [5.74, 6) is -3.27. The van der Waals surface area contributed by atoms with Gasteiger partial charge in [-0.05, 0) is 13.8 Å². The molecule has 0 spiro atoms. The first kappa shape index (κ1) is 15.9. The molecule has 2 N–H and O–H groups in total. The minimum absolute atomic E-state index is 0.782. The number of halogens is 3. The van der Waals surface area contributed by atoms with Crippen LogP contribution in [0.25, 0.3) is 0 Å². The molecule has 17 heavy (non-hydrogen) atoms. The molecule has 0 radical (unpaired) electrons. The van der Waals surface area contributed by atoms with E-state index in [-0.39, 0.29) is 0 Å². The highest BCUT2D eigenvalue weighted by Crippen LogP contribution is 2.14. The van der Waals surface area contributed by atoms with Crippen LogP contribution in [-0.2, 0) is 20.4 Å². The number of amides is 1. The lowest BCUT2D eigenvalue weighted by Crippen LogP contribution is -2.43. The molecule has 1 atom stereocenters. The van der Waals surface area contributed by atoms with Crippen LogP contribution in [-0.4, -0.2) is 44.4 Å². The lowest BCUT2D eigenvalue weighted by Gasteiger charge is -2.18. The molecule has 0 fully saturated rings. The molecule has 0 saturated carbocycles. The molecule has 0 rings (SSSR count). The molecular formula is C8H12F3NO4S. The van der Waals surface area contributed by atoms with Crippen LogP contribution in [0.4, 0.5) is 13.2 Å². The summed E-state index contributed by atoms with van der Waals surface area (Å²) >= 11 is 0. The molecule has 1 unspecified atom stereocenters. The van der Waals surface area contributed by atoms with Crippen molar-refractivity contribution in [3.8, 4) is 0 Å². The van der Waals surface area contributed by atoms with Crippen molar-refractivity contribution in [2.24, 2.45) is 0 Å². The van der Waals surface area contributed by atoms with Gasteiger partial charge in [-0.25, -0.2) is 0 Å². The lowest BCUT2D eigenvalue weighted by atomic mass is 10.2. The molecule has 9 heteroatoms. The largest absolute Gasteiger partial charge is 0.480 e. The van der Waals surface area contributed by atoms with Crippen LogP contribution in [0.5, 0.6) is 0 Å². The van der Waals surface area contributed by atoms with E-state index in [1.807, 2.05) is 0 Å². The second kappa shape index (κ2) is 5.48. The average Bonchev–Trinajstić information content (AvgIpc) is 2.13. The predicted molar refractivity (Wildman–Crippen MR) is 53.8 cm³/mol. The summed E-state index contributed by atoms with van der Waals surface area (Å²) < 4.78 is 44.9. The van der Waals surface area contributed by atoms with Crippen molar-refractivity contribution >= 4 is 22.7 Å². The molecular weight excluding hydrogens is 263 g/mol. The van der Waals surface area contributed by atoms with Crippen LogP contribution in [0.1, 0.15) is 13.8 Å². The van der Waals surface area contributed by atoms with Crippen molar-refractivity contribution in [1.29, 1.82) is 0 Å². The van der Waals surface area contributed by atoms with E-state index in [0.29, 0.717) is 0 Å². The SMILES string of the molecule is CC(C)(C(=O)O)S(=O)CC(=O)NCC(F)(F)F. The molecule has 100 valence electrons. The summed E-state index contributed by atoms with van der Waals surface area (Å²) in [6, 6.07) is 0. The zero-order valence-corrected chi connectivity index (χ0v) is 9.94. The molecule has 0 heterocycles. The fourth-order valence-corrected chi connectivity index (χ4v) is 1.54. The average molecular weight is 275 g/mol. The number of carbonyl (C=O) groups is 2. The Morgan fingerprint density at radius 2 is 1.76 bits per heavy atom. The molecule has 5 nitrogen and oxygen atoms in total. The summed E-state index contributed by atoms with van der Waals surface area (Å²) in [5.41, 5.74) is 0. The zero-order chi connectivity index (χ0) is 13.9. The van der Waals surface area contributed by atoms with Gasteiger partial charge in [-0.1, -0.05) is 0 Å². The van der Waals surface area contributed by atoms with E-state index in [1.54, 1.807) is 0 Å². The van der Waals surface area contributed by atoms with Crippen molar-refractivity contribution < 1.29 is 32.1 Å². The summed E-state index contributed by atoms with van der Waals surface area (Å²) in [5, 5.41) is 10.2. The lowest BCUT2D eigenvalue weighted by molar-refractivity contribution is -0.139. The van der Waals surface area contributed by atoms with E-state index in [4.69, 9.17) is 5.11 Å². The number of aliphatic carboxylic acids is 1. The van der Waals surface area contributed by atoms with Gasteiger partial charge in [-0.2, -0.15) is 13.2 Å². The quantitative estimate of drug-likeness (QED) is 0.754. The molecule has 0 bridgehead atoms. The first-order valence-electron chi connectivity index (χ1n) is 4.42. The molecule has 1 amide bonds. The third-order valence-corrected chi connectivity index (χ3v) is 3.67. The number of alkyl halides is 3. The fourth-order valence-electron chi connectivity index (χ4n) is 0.647. The minimum atomic E-state index is -4.56. The molecule has 0 aromatic heterocycles. The van der Waals surface area contributed by atoms with Crippen LogP contribution in [0.2, 0.25) is 0 Å². The van der Waals surface area contributed by atoms with E-state index in [2.05, 4.69) is 0 Å². The first-order valence-corrected chi connectivity index (χ1v) is 5.74. The number of rotatable bonds is 5. The van der Waals surface area contributed by atoms with Crippen LogP contribution in [0, 0.1) is 0 Å². The normalized spacial score (nSPS) is 14.2. The Morgan fingerprint density at radius 1 is 1.29 bits per heavy atom. The van der Waals surface area contributed by atoms with Crippen LogP contribution in [0.15, 0.2) is 0 Å². The zero-order valence-electron chi connectivity index (χ0n) is 9.13. The van der Waals surface area contributed by atoms with Crippen molar-refractivity contribution in [1.82, 2.24) is 5.32 Å². The molecule has 0 aliphatic rings. The van der Waals surface area contributed by atoms with E-state index < -0.39 is 45.9 Å². The Bertz CT molecular complexity index is 340. The van der Waals surface area contributed by atoms with Gasteiger partial charge >= 0.3 is 12.1 Å². The Morgan fingerprint density at radius 3 is 2.12 bits per heavy atom. The standard InChI is InChI=1S/C8H12F3NO4S/c1-7(2,6(14)15)17(16)3-5(13)12-4-8(9,10)11/h3-4H2,1-2H3,(H,12,13)(H,14,15). The van der Waals surface area contributed by atoms with Crippen LogP contribution in [0.3, 0.4) is 0 Å². The smallest absolute Gasteiger partial charge is 0.405 e. The highest BCUT2D eigenvalue weighted by Gasteiger charge is 2.36. The van der Waals surface area contributed by atoms with E-state index in [0.717, 1.165) is 13.8 Å². The number of nitrogens with one attached hydrogen (secondary N) is 1. The van der Waals surface area contributed by atoms with E-state index in [1.165, 1.54) is 5.32 Å². The summed E-state index contributed by atoms with van der Waals surface area (Å²) in [6.07, 6.45) is -4.56. The van der Waals surface area contributed by atoms with E-state index in [9.17, 15) is 27.0 Å². The van der Waals surface area contributed by atoms with Gasteiger partial charge in [0, 0.05) is 10.8 Å². The van der Waals surface area contributed by atoms with Crippen molar-refractivity contribution in [2.75, 3.05) is 12.3 Å². The molecule has 0 saturated heterocycles. The van der Waals surface area contributed by atoms with Gasteiger partial charge in [-0.15, -0.1) is 0 Å². The molecule has 0 aliphatic heterocycles. The van der Waals surface area contributed by atoms with Gasteiger partial charge in [0.15, 0.2) is 0 Å². The number of hydrogen-bond acceptors (Lipinski definition) is 3. The summed E-state index contributed by atoms with van der Waals surface area (Å²) in [7, 11) is -2.10. The second-order valence-corrected chi connectivity index (χ2v) is 5.70. The van der Waals surface area contributed by atoms with Crippen LogP contribution < -0.4 is 5.32 Å².